The Kier molecular flexibility index (Phi) is 4.01. The average Bonchev–Trinajstić information content (AvgIpc) is 1.67. The van der Waals surface area contributed by atoms with Gasteiger partial charge in [-0.25, -0.2) is 0 Å². The highest BCUT2D eigenvalue weighted by Gasteiger charge is 2.57. The zero-order valence-electron chi connectivity index (χ0n) is 11.2. The van der Waals surface area contributed by atoms with E-state index in [0.717, 1.165) is 0 Å². The summed E-state index contributed by atoms with van der Waals surface area (Å²) in [7, 11) is -4.86. The molecule has 0 saturated carbocycles. The van der Waals surface area contributed by atoms with Gasteiger partial charge in [0.25, 0.3) is 0 Å². The molecule has 96 valence electrons. The Morgan fingerprint density at radius 2 is 1.19 bits per heavy atom. The molecule has 0 unspecified atom stereocenters. The summed E-state index contributed by atoms with van der Waals surface area (Å²) in [4.78, 5) is 0. The van der Waals surface area contributed by atoms with Gasteiger partial charge in [0, 0.05) is 0 Å². The number of halogens is 2. The van der Waals surface area contributed by atoms with Gasteiger partial charge in [0.2, 0.25) is 0 Å². The van der Waals surface area contributed by atoms with Crippen molar-refractivity contribution in [2.75, 3.05) is 0 Å². The van der Waals surface area contributed by atoms with Crippen molar-refractivity contribution in [1.82, 2.24) is 13.2 Å². The maximum absolute atomic E-state index is 6.51. The smallest absolute Gasteiger partial charge is 0.311 e. The summed E-state index contributed by atoms with van der Waals surface area (Å²) in [5.74, 6) is 0. The van der Waals surface area contributed by atoms with Crippen LogP contribution in [0.2, 0.25) is 45.8 Å². The summed E-state index contributed by atoms with van der Waals surface area (Å²) in [6, 6.07) is 0. The van der Waals surface area contributed by atoms with Gasteiger partial charge in [-0.05, 0) is 45.8 Å². The predicted octanol–water partition coefficient (Wildman–Crippen LogP) is 2.63. The highest BCUT2D eigenvalue weighted by atomic mass is 35.7. The molecule has 1 fully saturated rings. The monoisotopic (exact) mass is 331 g/mol. The third-order valence-electron chi connectivity index (χ3n) is 2.75. The van der Waals surface area contributed by atoms with E-state index < -0.39 is 32.0 Å². The lowest BCUT2D eigenvalue weighted by atomic mass is 11.9. The molecule has 1 rings (SSSR count). The third-order valence-corrected chi connectivity index (χ3v) is 27.8. The topological polar surface area (TPSA) is 27.3 Å². The van der Waals surface area contributed by atoms with Crippen LogP contribution in [0.4, 0.5) is 0 Å². The van der Waals surface area contributed by atoms with Crippen LogP contribution in [-0.4, -0.2) is 35.9 Å². The number of hydrogen-bond acceptors (Lipinski definition) is 3. The molecule has 9 heteroatoms. The van der Waals surface area contributed by atoms with Gasteiger partial charge in [0.05, 0.1) is 0 Å². The molecule has 16 heavy (non-hydrogen) atoms. The fraction of sp³-hybridized carbons (Fsp3) is 1.00. The molecular weight excluding hydrogens is 309 g/mol. The van der Waals surface area contributed by atoms with Gasteiger partial charge in [0.1, 0.15) is 0 Å². The predicted molar refractivity (Wildman–Crippen MR) is 83.9 cm³/mol. The molecule has 0 aromatic rings. The molecule has 0 radical (unpaired) electrons. The zero-order chi connectivity index (χ0) is 13.0. The maximum atomic E-state index is 6.51. The number of nitrogens with zero attached hydrogens (tertiary/aromatic N) is 1. The highest BCUT2D eigenvalue weighted by molar-refractivity contribution is 7.47. The van der Waals surface area contributed by atoms with Gasteiger partial charge in [0.15, 0.2) is 25.2 Å². The Morgan fingerprint density at radius 1 is 0.875 bits per heavy atom. The highest BCUT2D eigenvalue weighted by Crippen LogP contribution is 2.33. The molecule has 1 heterocycles. The van der Waals surface area contributed by atoms with Crippen LogP contribution in [0.25, 0.3) is 0 Å². The van der Waals surface area contributed by atoms with Crippen molar-refractivity contribution in [2.24, 2.45) is 0 Å². The minimum atomic E-state index is -2.29. The lowest BCUT2D eigenvalue weighted by Crippen LogP contribution is -2.91. The van der Waals surface area contributed by atoms with Crippen LogP contribution in [0.1, 0.15) is 0 Å². The second-order valence-electron chi connectivity index (χ2n) is 6.17. The molecule has 1 aliphatic rings. The molecule has 0 aromatic heterocycles. The van der Waals surface area contributed by atoms with Gasteiger partial charge in [-0.3, -0.25) is 0 Å². The van der Waals surface area contributed by atoms with E-state index in [9.17, 15) is 0 Å². The van der Waals surface area contributed by atoms with E-state index in [-0.39, 0.29) is 0 Å². The first-order chi connectivity index (χ1) is 6.78. The summed E-state index contributed by atoms with van der Waals surface area (Å²) in [6.45, 7) is 13.7. The molecular formula is C7H23Cl2N3Si4. The molecule has 0 amide bonds. The number of hydrogen-bond donors (Lipinski definition) is 2. The molecule has 0 bridgehead atoms. The summed E-state index contributed by atoms with van der Waals surface area (Å²) >= 11 is 13.0. The van der Waals surface area contributed by atoms with Gasteiger partial charge < -0.3 is 13.2 Å². The van der Waals surface area contributed by atoms with Crippen LogP contribution in [-0.2, 0) is 0 Å². The third kappa shape index (κ3) is 3.21. The second kappa shape index (κ2) is 4.17. The fourth-order valence-corrected chi connectivity index (χ4v) is 40.4. The van der Waals surface area contributed by atoms with E-state index >= 15 is 0 Å². The Labute approximate surface area is 113 Å². The van der Waals surface area contributed by atoms with E-state index in [1.807, 2.05) is 6.55 Å². The molecule has 0 spiro atoms. The lowest BCUT2D eigenvalue weighted by molar-refractivity contribution is 0.833. The van der Waals surface area contributed by atoms with E-state index in [1.54, 1.807) is 0 Å². The van der Waals surface area contributed by atoms with Gasteiger partial charge >= 0.3 is 6.86 Å². The van der Waals surface area contributed by atoms with Gasteiger partial charge in [-0.15, -0.1) is 22.2 Å². The first kappa shape index (κ1) is 15.4. The molecule has 1 saturated heterocycles. The van der Waals surface area contributed by atoms with Crippen molar-refractivity contribution in [3.8, 4) is 0 Å². The van der Waals surface area contributed by atoms with Crippen LogP contribution in [0, 0.1) is 0 Å². The van der Waals surface area contributed by atoms with Gasteiger partial charge in [-0.1, -0.05) is 0 Å². The average molecular weight is 333 g/mol. The molecule has 0 aromatic carbocycles. The van der Waals surface area contributed by atoms with Crippen molar-refractivity contribution in [3.63, 3.8) is 0 Å². The first-order valence-corrected chi connectivity index (χ1v) is 18.9. The molecule has 0 atom stereocenters. The Hall–Kier alpha value is 1.33. The van der Waals surface area contributed by atoms with E-state index in [0.29, 0.717) is 0 Å². The van der Waals surface area contributed by atoms with Crippen LogP contribution in [0.15, 0.2) is 0 Å². The molecule has 2 N–H and O–H groups in total. The summed E-state index contributed by atoms with van der Waals surface area (Å²) in [5, 5.41) is 0. The number of rotatable bonds is 1. The largest absolute Gasteiger partial charge is 0.337 e. The summed E-state index contributed by atoms with van der Waals surface area (Å²) < 4.78 is 10.2. The van der Waals surface area contributed by atoms with Crippen molar-refractivity contribution in [3.05, 3.63) is 0 Å². The van der Waals surface area contributed by atoms with Gasteiger partial charge in [-0.2, -0.15) is 0 Å². The number of nitrogens with one attached hydrogen (secondary N) is 2. The van der Waals surface area contributed by atoms with Crippen molar-refractivity contribution < 1.29 is 0 Å². The lowest BCUT2D eigenvalue weighted by Gasteiger charge is -2.59. The standard InChI is InChI=1S/C7H23Cl2N3Si4/c1-13(2)10-14(3,4)12(16(7,8)9)15(5,6)11-13/h10-11H,1-7H3. The Bertz CT molecular complexity index is 270. The van der Waals surface area contributed by atoms with Crippen LogP contribution in [0.5, 0.6) is 0 Å². The van der Waals surface area contributed by atoms with Crippen LogP contribution in [0.3, 0.4) is 0 Å². The van der Waals surface area contributed by atoms with Crippen LogP contribution < -0.4 is 9.30 Å². The maximum Gasteiger partial charge on any atom is 0.311 e. The zero-order valence-corrected chi connectivity index (χ0v) is 16.7. The van der Waals surface area contributed by atoms with Crippen molar-refractivity contribution >= 4 is 54.2 Å². The minimum Gasteiger partial charge on any atom is -0.337 e. The second-order valence-corrected chi connectivity index (χ2v) is 27.0. The van der Waals surface area contributed by atoms with E-state index in [4.69, 9.17) is 22.2 Å². The molecule has 3 nitrogen and oxygen atoms in total. The van der Waals surface area contributed by atoms with Crippen molar-refractivity contribution in [1.29, 1.82) is 0 Å². The minimum absolute atomic E-state index is 1.50. The van der Waals surface area contributed by atoms with E-state index in [2.05, 4.69) is 52.5 Å². The summed E-state index contributed by atoms with van der Waals surface area (Å²) in [5.41, 5.74) is 0. The van der Waals surface area contributed by atoms with Crippen LogP contribution >= 0.6 is 22.2 Å². The normalized spacial score (nSPS) is 29.1. The first-order valence-electron chi connectivity index (χ1n) is 5.55. The molecule has 0 aliphatic carbocycles. The quantitative estimate of drug-likeness (QED) is 0.571. The Morgan fingerprint density at radius 3 is 1.44 bits per heavy atom. The SMILES string of the molecule is C[Si]1(C)N[Si](C)(C)N([Si](C)(Cl)Cl)[Si](C)(C)N1. The van der Waals surface area contributed by atoms with E-state index in [1.165, 1.54) is 0 Å². The Balaban J connectivity index is 3.17. The van der Waals surface area contributed by atoms with Crippen molar-refractivity contribution in [2.45, 2.75) is 45.8 Å². The summed E-state index contributed by atoms with van der Waals surface area (Å²) in [6.07, 6.45) is 0. The fourth-order valence-electron chi connectivity index (χ4n) is 3.35. The molecule has 1 aliphatic heterocycles.